The van der Waals surface area contributed by atoms with Gasteiger partial charge in [-0.25, -0.2) is 9.37 Å². The molecular weight excluding hydrogens is 347 g/mol. The molecule has 7 rings (SSSR count). The van der Waals surface area contributed by atoms with E-state index in [0.29, 0.717) is 0 Å². The van der Waals surface area contributed by atoms with E-state index in [0.717, 1.165) is 38.9 Å². The average molecular weight is 360 g/mol. The summed E-state index contributed by atoms with van der Waals surface area (Å²) in [5.74, 6) is 0.557. The van der Waals surface area contributed by atoms with Crippen LogP contribution in [0.2, 0.25) is 0 Å². The van der Waals surface area contributed by atoms with Gasteiger partial charge >= 0.3 is 0 Å². The third kappa shape index (κ3) is 1.61. The van der Waals surface area contributed by atoms with E-state index in [1.54, 1.807) is 6.07 Å². The van der Waals surface area contributed by atoms with E-state index in [-0.39, 0.29) is 5.82 Å². The molecule has 0 atom stereocenters. The third-order valence-electron chi connectivity index (χ3n) is 5.94. The molecule has 130 valence electrons. The van der Waals surface area contributed by atoms with Gasteiger partial charge < -0.3 is 0 Å². The van der Waals surface area contributed by atoms with E-state index in [1.165, 1.54) is 27.6 Å². The Kier molecular flexibility index (Phi) is 2.44. The second-order valence-corrected chi connectivity index (χ2v) is 7.41. The van der Waals surface area contributed by atoms with Gasteiger partial charge in [-0.3, -0.25) is 4.90 Å². The average Bonchev–Trinajstić information content (AvgIpc) is 2.74. The number of hydrogen-bond acceptors (Lipinski definition) is 2. The van der Waals surface area contributed by atoms with E-state index in [1.807, 2.05) is 18.2 Å². The van der Waals surface area contributed by atoms with Crippen LogP contribution in [0, 0.1) is 5.82 Å². The number of aromatic nitrogens is 1. The lowest BCUT2D eigenvalue weighted by molar-refractivity contribution is 0.629. The predicted molar refractivity (Wildman–Crippen MR) is 114 cm³/mol. The highest BCUT2D eigenvalue weighted by atomic mass is 19.1. The predicted octanol–water partition coefficient (Wildman–Crippen LogP) is 7.05. The molecule has 3 aliphatic heterocycles. The largest absolute Gasteiger partial charge is 0.293 e. The monoisotopic (exact) mass is 360 g/mol. The topological polar surface area (TPSA) is 16.1 Å². The van der Waals surface area contributed by atoms with Crippen LogP contribution in [0.3, 0.4) is 0 Å². The Morgan fingerprint density at radius 2 is 1.54 bits per heavy atom. The van der Waals surface area contributed by atoms with Gasteiger partial charge in [-0.2, -0.15) is 0 Å². The third-order valence-corrected chi connectivity index (χ3v) is 5.94. The summed E-state index contributed by atoms with van der Waals surface area (Å²) in [6.07, 6.45) is 0. The second kappa shape index (κ2) is 4.76. The molecule has 0 unspecified atom stereocenters. The number of fused-ring (bicyclic) bond motifs is 5. The molecule has 0 bridgehead atoms. The number of halogens is 1. The zero-order valence-electron chi connectivity index (χ0n) is 14.8. The van der Waals surface area contributed by atoms with Crippen molar-refractivity contribution in [3.63, 3.8) is 0 Å². The fourth-order valence-corrected chi connectivity index (χ4v) is 4.77. The van der Waals surface area contributed by atoms with Crippen molar-refractivity contribution in [2.75, 3.05) is 4.90 Å². The Morgan fingerprint density at radius 3 is 2.46 bits per heavy atom. The van der Waals surface area contributed by atoms with Crippen LogP contribution in [0.15, 0.2) is 78.9 Å². The molecular formula is C25H13FN2. The van der Waals surface area contributed by atoms with Crippen LogP contribution in [0.5, 0.6) is 0 Å². The molecule has 3 heteroatoms. The summed E-state index contributed by atoms with van der Waals surface area (Å²) < 4.78 is 14.1. The highest BCUT2D eigenvalue weighted by molar-refractivity contribution is 6.27. The van der Waals surface area contributed by atoms with E-state index in [9.17, 15) is 4.39 Å². The summed E-state index contributed by atoms with van der Waals surface area (Å²) in [4.78, 5) is 7.22. The molecule has 0 amide bonds. The molecule has 0 fully saturated rings. The van der Waals surface area contributed by atoms with Gasteiger partial charge in [-0.15, -0.1) is 0 Å². The van der Waals surface area contributed by atoms with Crippen LogP contribution in [0.1, 0.15) is 0 Å². The maximum absolute atomic E-state index is 14.1. The molecule has 4 aromatic carbocycles. The molecule has 3 heterocycles. The standard InChI is InChI=1S/C25H13FN2/c26-16-10-8-15-12-22-18-6-2-1-5-17(18)19-11-9-14-4-3-7-21-23(14)24(19)28(22)25(27-21)20(15)13-16/h1-13H. The fourth-order valence-electron chi connectivity index (χ4n) is 4.77. The van der Waals surface area contributed by atoms with Crippen molar-refractivity contribution in [1.82, 2.24) is 4.98 Å². The maximum atomic E-state index is 14.1. The maximum Gasteiger partial charge on any atom is 0.146 e. The van der Waals surface area contributed by atoms with Crippen LogP contribution in [0.25, 0.3) is 43.2 Å². The molecule has 0 spiro atoms. The molecule has 28 heavy (non-hydrogen) atoms. The number of rotatable bonds is 0. The number of anilines is 3. The Balaban J connectivity index is 1.89. The smallest absolute Gasteiger partial charge is 0.146 e. The minimum Gasteiger partial charge on any atom is -0.293 e. The molecule has 0 saturated carbocycles. The summed E-state index contributed by atoms with van der Waals surface area (Å²) in [7, 11) is 0. The summed E-state index contributed by atoms with van der Waals surface area (Å²) in [5, 5.41) is 7.75. The van der Waals surface area contributed by atoms with E-state index < -0.39 is 0 Å². The first-order valence-electron chi connectivity index (χ1n) is 9.35. The van der Waals surface area contributed by atoms with Crippen molar-refractivity contribution in [2.24, 2.45) is 0 Å². The van der Waals surface area contributed by atoms with Crippen molar-refractivity contribution in [2.45, 2.75) is 0 Å². The molecule has 0 aromatic heterocycles. The lowest BCUT2D eigenvalue weighted by Crippen LogP contribution is -2.18. The van der Waals surface area contributed by atoms with Gasteiger partial charge in [0.25, 0.3) is 0 Å². The molecule has 4 aromatic rings. The van der Waals surface area contributed by atoms with E-state index >= 15 is 0 Å². The summed E-state index contributed by atoms with van der Waals surface area (Å²) >= 11 is 0. The van der Waals surface area contributed by atoms with Crippen molar-refractivity contribution in [3.8, 4) is 0 Å². The number of nitrogens with zero attached hydrogens (tertiary/aromatic N) is 2. The highest BCUT2D eigenvalue weighted by Gasteiger charge is 2.30. The quantitative estimate of drug-likeness (QED) is 0.288. The lowest BCUT2D eigenvalue weighted by atomic mass is 9.93. The summed E-state index contributed by atoms with van der Waals surface area (Å²) in [5.41, 5.74) is 3.19. The molecule has 3 aliphatic rings. The SMILES string of the molecule is Fc1ccc2cc3c4ccccc4c4ccc5cccc6nc(c2c1)N3c4c56. The van der Waals surface area contributed by atoms with E-state index in [4.69, 9.17) is 4.98 Å². The first-order chi connectivity index (χ1) is 13.8. The van der Waals surface area contributed by atoms with Gasteiger partial charge in [-0.1, -0.05) is 54.6 Å². The van der Waals surface area contributed by atoms with E-state index in [2.05, 4.69) is 53.4 Å². The van der Waals surface area contributed by atoms with Crippen LogP contribution >= 0.6 is 0 Å². The van der Waals surface area contributed by atoms with Gasteiger partial charge in [0.15, 0.2) is 0 Å². The summed E-state index contributed by atoms with van der Waals surface area (Å²) in [6.45, 7) is 0. The number of hydrogen-bond donors (Lipinski definition) is 0. The van der Waals surface area contributed by atoms with Gasteiger partial charge in [0.1, 0.15) is 11.6 Å². The zero-order chi connectivity index (χ0) is 18.4. The van der Waals surface area contributed by atoms with Crippen LogP contribution in [-0.4, -0.2) is 4.98 Å². The summed E-state index contributed by atoms with van der Waals surface area (Å²) in [6, 6.07) is 26.2. The molecule has 0 N–H and O–H groups in total. The zero-order valence-corrected chi connectivity index (χ0v) is 14.8. The second-order valence-electron chi connectivity index (χ2n) is 7.41. The van der Waals surface area contributed by atoms with Crippen LogP contribution in [-0.2, 0) is 0 Å². The first kappa shape index (κ1) is 14.4. The minimum absolute atomic E-state index is 0.243. The fraction of sp³-hybridized carbons (Fsp3) is 0. The van der Waals surface area contributed by atoms with Gasteiger partial charge in [0.2, 0.25) is 0 Å². The Bertz CT molecular complexity index is 1590. The lowest BCUT2D eigenvalue weighted by Gasteiger charge is -2.35. The normalized spacial score (nSPS) is 13.1. The van der Waals surface area contributed by atoms with Crippen LogP contribution in [0.4, 0.5) is 21.6 Å². The van der Waals surface area contributed by atoms with Crippen molar-refractivity contribution in [3.05, 3.63) is 84.7 Å². The van der Waals surface area contributed by atoms with Crippen molar-refractivity contribution >= 4 is 60.4 Å². The van der Waals surface area contributed by atoms with Crippen molar-refractivity contribution in [1.29, 1.82) is 0 Å². The minimum atomic E-state index is -0.243. The molecule has 0 saturated heterocycles. The van der Waals surface area contributed by atoms with Gasteiger partial charge in [0, 0.05) is 21.5 Å². The molecule has 0 aliphatic carbocycles. The molecule has 2 nitrogen and oxygen atoms in total. The first-order valence-corrected chi connectivity index (χ1v) is 9.35. The Hall–Kier alpha value is -3.72. The van der Waals surface area contributed by atoms with Crippen molar-refractivity contribution < 1.29 is 4.39 Å². The van der Waals surface area contributed by atoms with Gasteiger partial charge in [-0.05, 0) is 40.4 Å². The van der Waals surface area contributed by atoms with Crippen LogP contribution < -0.4 is 4.90 Å². The Labute approximate surface area is 159 Å². The molecule has 0 radical (unpaired) electrons. The number of benzene rings is 4. The Morgan fingerprint density at radius 1 is 0.679 bits per heavy atom. The van der Waals surface area contributed by atoms with Gasteiger partial charge in [0.05, 0.1) is 16.9 Å². The highest BCUT2D eigenvalue weighted by Crippen LogP contribution is 2.53.